The molecule has 0 aliphatic rings. The normalized spacial score (nSPS) is 12.8. The predicted molar refractivity (Wildman–Crippen MR) is 89.6 cm³/mol. The average Bonchev–Trinajstić information content (AvgIpc) is 2.84. The number of hydrogen-bond donors (Lipinski definition) is 1. The van der Waals surface area contributed by atoms with Crippen LogP contribution in [0.1, 0.15) is 69.5 Å². The molecule has 0 fully saturated rings. The number of esters is 1. The van der Waals surface area contributed by atoms with Crippen LogP contribution in [0.3, 0.4) is 0 Å². The molecule has 0 bridgehead atoms. The molecule has 1 rings (SSSR count). The molecule has 0 radical (unpaired) electrons. The summed E-state index contributed by atoms with van der Waals surface area (Å²) in [5.41, 5.74) is -0.294. The summed E-state index contributed by atoms with van der Waals surface area (Å²) in [4.78, 5) is 28.0. The van der Waals surface area contributed by atoms with Crippen molar-refractivity contribution in [1.29, 1.82) is 0 Å². The lowest BCUT2D eigenvalue weighted by molar-refractivity contribution is 0.0497. The van der Waals surface area contributed by atoms with Gasteiger partial charge in [0.1, 0.15) is 10.6 Å². The van der Waals surface area contributed by atoms with E-state index < -0.39 is 17.7 Å². The van der Waals surface area contributed by atoms with Crippen LogP contribution in [-0.2, 0) is 9.47 Å². The monoisotopic (exact) mass is 342 g/mol. The van der Waals surface area contributed by atoms with Crippen LogP contribution in [0.2, 0.25) is 0 Å². The molecule has 0 spiro atoms. The van der Waals surface area contributed by atoms with Crippen molar-refractivity contribution in [3.05, 3.63) is 16.1 Å². The number of carbonyl (C=O) groups is 2. The lowest BCUT2D eigenvalue weighted by atomic mass is 10.0. The number of ether oxygens (including phenoxy) is 2. The first kappa shape index (κ1) is 19.4. The number of amides is 1. The van der Waals surface area contributed by atoms with E-state index >= 15 is 0 Å². The summed E-state index contributed by atoms with van der Waals surface area (Å²) in [7, 11) is 0. The summed E-state index contributed by atoms with van der Waals surface area (Å²) in [6, 6.07) is -0.293. The molecule has 1 aromatic rings. The Balaban J connectivity index is 2.86. The highest BCUT2D eigenvalue weighted by molar-refractivity contribution is 7.09. The zero-order valence-electron chi connectivity index (χ0n) is 14.6. The molecule has 6 nitrogen and oxygen atoms in total. The van der Waals surface area contributed by atoms with Crippen LogP contribution < -0.4 is 5.32 Å². The topological polar surface area (TPSA) is 77.5 Å². The maximum absolute atomic E-state index is 12.0. The molecule has 0 aliphatic heterocycles. The molecule has 1 aromatic heterocycles. The fourth-order valence-electron chi connectivity index (χ4n) is 1.89. The van der Waals surface area contributed by atoms with Crippen LogP contribution in [0.4, 0.5) is 4.79 Å². The molecule has 1 amide bonds. The molecule has 0 aliphatic carbocycles. The minimum absolute atomic E-state index is 0.270. The summed E-state index contributed by atoms with van der Waals surface area (Å²) in [6.45, 7) is 11.6. The van der Waals surface area contributed by atoms with Gasteiger partial charge in [-0.15, -0.1) is 11.3 Å². The second-order valence-electron chi connectivity index (χ2n) is 6.62. The molecular formula is C16H26N2O4S. The Kier molecular flexibility index (Phi) is 7.00. The third-order valence-corrected chi connectivity index (χ3v) is 3.66. The van der Waals surface area contributed by atoms with Gasteiger partial charge >= 0.3 is 12.1 Å². The van der Waals surface area contributed by atoms with Gasteiger partial charge in [-0.2, -0.15) is 0 Å². The Morgan fingerprint density at radius 1 is 1.35 bits per heavy atom. The van der Waals surface area contributed by atoms with E-state index in [1.165, 1.54) is 11.3 Å². The number of alkyl carbamates (subject to hydrolysis) is 1. The highest BCUT2D eigenvalue weighted by Gasteiger charge is 2.24. The quantitative estimate of drug-likeness (QED) is 0.793. The third-order valence-electron chi connectivity index (χ3n) is 2.70. The zero-order valence-corrected chi connectivity index (χ0v) is 15.5. The molecule has 0 saturated carbocycles. The van der Waals surface area contributed by atoms with Crippen molar-refractivity contribution < 1.29 is 19.1 Å². The molecule has 1 N–H and O–H groups in total. The van der Waals surface area contributed by atoms with Crippen LogP contribution in [0.15, 0.2) is 5.38 Å². The second kappa shape index (κ2) is 8.29. The van der Waals surface area contributed by atoms with E-state index in [9.17, 15) is 9.59 Å². The Morgan fingerprint density at radius 3 is 2.52 bits per heavy atom. The molecule has 0 unspecified atom stereocenters. The van der Waals surface area contributed by atoms with E-state index in [-0.39, 0.29) is 11.7 Å². The van der Waals surface area contributed by atoms with Gasteiger partial charge in [-0.05, 0) is 40.0 Å². The number of nitrogens with one attached hydrogen (secondary N) is 1. The highest BCUT2D eigenvalue weighted by atomic mass is 32.1. The Hall–Kier alpha value is -1.63. The van der Waals surface area contributed by atoms with Gasteiger partial charge in [-0.3, -0.25) is 0 Å². The van der Waals surface area contributed by atoms with E-state index in [1.54, 1.807) is 12.3 Å². The molecule has 130 valence electrons. The summed E-state index contributed by atoms with van der Waals surface area (Å²) in [5.74, 6) is -0.0968. The van der Waals surface area contributed by atoms with E-state index in [0.29, 0.717) is 24.0 Å². The largest absolute Gasteiger partial charge is 0.461 e. The van der Waals surface area contributed by atoms with Crippen molar-refractivity contribution in [2.75, 3.05) is 6.61 Å². The molecule has 0 saturated heterocycles. The summed E-state index contributed by atoms with van der Waals surface area (Å²) in [6.07, 6.45) is 0.214. The molecule has 7 heteroatoms. The molecule has 1 atom stereocenters. The lowest BCUT2D eigenvalue weighted by Gasteiger charge is -2.23. The van der Waals surface area contributed by atoms with E-state index in [2.05, 4.69) is 24.1 Å². The van der Waals surface area contributed by atoms with Crippen molar-refractivity contribution in [2.45, 2.75) is 59.6 Å². The van der Waals surface area contributed by atoms with Gasteiger partial charge in [0.15, 0.2) is 5.69 Å². The SMILES string of the molecule is CCOC(=O)c1csc([C@@H](CC(C)C)NC(=O)OC(C)(C)C)n1. The number of rotatable bonds is 6. The summed E-state index contributed by atoms with van der Waals surface area (Å²) >= 11 is 1.33. The van der Waals surface area contributed by atoms with Crippen molar-refractivity contribution in [2.24, 2.45) is 5.92 Å². The standard InChI is InChI=1S/C16H26N2O4S/c1-7-21-14(19)12-9-23-13(17-12)11(8-10(2)3)18-15(20)22-16(4,5)6/h9-11H,7-8H2,1-6H3,(H,18,20)/t11-/m1/s1. The van der Waals surface area contributed by atoms with Crippen LogP contribution in [0.5, 0.6) is 0 Å². The minimum Gasteiger partial charge on any atom is -0.461 e. The fourth-order valence-corrected chi connectivity index (χ4v) is 2.74. The first-order valence-corrected chi connectivity index (χ1v) is 8.62. The predicted octanol–water partition coefficient (Wildman–Crippen LogP) is 3.93. The van der Waals surface area contributed by atoms with Gasteiger partial charge in [0.2, 0.25) is 0 Å². The zero-order chi connectivity index (χ0) is 17.6. The van der Waals surface area contributed by atoms with Crippen molar-refractivity contribution in [3.8, 4) is 0 Å². The van der Waals surface area contributed by atoms with Gasteiger partial charge in [0, 0.05) is 5.38 Å². The first-order valence-electron chi connectivity index (χ1n) is 7.74. The average molecular weight is 342 g/mol. The van der Waals surface area contributed by atoms with Crippen molar-refractivity contribution in [1.82, 2.24) is 10.3 Å². The number of nitrogens with zero attached hydrogens (tertiary/aromatic N) is 1. The van der Waals surface area contributed by atoms with Gasteiger partial charge in [-0.25, -0.2) is 14.6 Å². The first-order chi connectivity index (χ1) is 10.6. The van der Waals surface area contributed by atoms with Crippen LogP contribution in [0, 0.1) is 5.92 Å². The maximum atomic E-state index is 12.0. The lowest BCUT2D eigenvalue weighted by Crippen LogP contribution is -2.35. The number of aromatic nitrogens is 1. The minimum atomic E-state index is -0.564. The van der Waals surface area contributed by atoms with Gasteiger partial charge in [-0.1, -0.05) is 13.8 Å². The number of hydrogen-bond acceptors (Lipinski definition) is 6. The smallest absolute Gasteiger partial charge is 0.408 e. The van der Waals surface area contributed by atoms with Crippen molar-refractivity contribution >= 4 is 23.4 Å². The van der Waals surface area contributed by atoms with E-state index in [4.69, 9.17) is 9.47 Å². The van der Waals surface area contributed by atoms with Gasteiger partial charge in [0.25, 0.3) is 0 Å². The molecule has 23 heavy (non-hydrogen) atoms. The van der Waals surface area contributed by atoms with Crippen LogP contribution in [-0.4, -0.2) is 29.3 Å². The van der Waals surface area contributed by atoms with E-state index in [1.807, 2.05) is 20.8 Å². The highest BCUT2D eigenvalue weighted by Crippen LogP contribution is 2.25. The van der Waals surface area contributed by atoms with Gasteiger partial charge < -0.3 is 14.8 Å². The number of thiazole rings is 1. The van der Waals surface area contributed by atoms with Crippen LogP contribution >= 0.6 is 11.3 Å². The van der Waals surface area contributed by atoms with Gasteiger partial charge in [0.05, 0.1) is 12.6 Å². The van der Waals surface area contributed by atoms with Crippen molar-refractivity contribution in [3.63, 3.8) is 0 Å². The molecule has 1 heterocycles. The molecular weight excluding hydrogens is 316 g/mol. The number of carbonyl (C=O) groups excluding carboxylic acids is 2. The van der Waals surface area contributed by atoms with Crippen LogP contribution in [0.25, 0.3) is 0 Å². The third kappa shape index (κ3) is 6.99. The fraction of sp³-hybridized carbons (Fsp3) is 0.688. The van der Waals surface area contributed by atoms with E-state index in [0.717, 1.165) is 0 Å². The Morgan fingerprint density at radius 2 is 2.00 bits per heavy atom. The maximum Gasteiger partial charge on any atom is 0.408 e. The summed E-state index contributed by atoms with van der Waals surface area (Å²) < 4.78 is 10.2. The summed E-state index contributed by atoms with van der Waals surface area (Å²) in [5, 5.41) is 5.16. The second-order valence-corrected chi connectivity index (χ2v) is 7.51. The Labute approximate surface area is 141 Å². The molecule has 0 aromatic carbocycles. The Bertz CT molecular complexity index is 534.